The number of likely N-dealkylation sites (tertiary alicyclic amines) is 1. The van der Waals surface area contributed by atoms with E-state index in [-0.39, 0.29) is 11.8 Å². The van der Waals surface area contributed by atoms with Crippen LogP contribution in [0.3, 0.4) is 0 Å². The molecule has 0 aliphatic carbocycles. The molecule has 3 aromatic rings. The molecule has 1 aliphatic heterocycles. The number of hydrogen-bond donors (Lipinski definition) is 1. The molecule has 1 aliphatic rings. The first kappa shape index (κ1) is 21.7. The van der Waals surface area contributed by atoms with Crippen molar-refractivity contribution in [3.8, 4) is 11.1 Å². The Morgan fingerprint density at radius 3 is 2.38 bits per heavy atom. The second kappa shape index (κ2) is 9.73. The summed E-state index contributed by atoms with van der Waals surface area (Å²) in [5, 5.41) is 3.00. The largest absolute Gasteiger partial charge is 0.356 e. The van der Waals surface area contributed by atoms with Crippen molar-refractivity contribution >= 4 is 11.8 Å². The predicted molar refractivity (Wildman–Crippen MR) is 124 cm³/mol. The van der Waals surface area contributed by atoms with E-state index in [4.69, 9.17) is 0 Å². The second-order valence-corrected chi connectivity index (χ2v) is 8.36. The zero-order valence-electron chi connectivity index (χ0n) is 18.3. The van der Waals surface area contributed by atoms with Gasteiger partial charge in [-0.05, 0) is 54.2 Å². The molecule has 2 amide bonds. The summed E-state index contributed by atoms with van der Waals surface area (Å²) in [6.07, 6.45) is 8.57. The summed E-state index contributed by atoms with van der Waals surface area (Å²) in [6, 6.07) is 16.0. The van der Waals surface area contributed by atoms with Crippen LogP contribution in [0, 0.1) is 5.41 Å². The van der Waals surface area contributed by atoms with E-state index >= 15 is 0 Å². The van der Waals surface area contributed by atoms with Crippen molar-refractivity contribution in [2.24, 2.45) is 5.41 Å². The van der Waals surface area contributed by atoms with Crippen LogP contribution in [0.5, 0.6) is 0 Å². The molecule has 0 spiro atoms. The zero-order chi connectivity index (χ0) is 22.4. The summed E-state index contributed by atoms with van der Waals surface area (Å²) in [4.78, 5) is 36.1. The van der Waals surface area contributed by atoms with Crippen LogP contribution in [-0.2, 0) is 22.4 Å². The van der Waals surface area contributed by atoms with Crippen molar-refractivity contribution in [2.45, 2.75) is 26.2 Å². The Labute approximate surface area is 188 Å². The number of pyridine rings is 2. The van der Waals surface area contributed by atoms with Crippen LogP contribution in [0.15, 0.2) is 73.3 Å². The van der Waals surface area contributed by atoms with E-state index in [2.05, 4.69) is 39.6 Å². The fraction of sp³-hybridized carbons (Fsp3) is 0.308. The molecule has 1 fully saturated rings. The van der Waals surface area contributed by atoms with Crippen molar-refractivity contribution < 1.29 is 9.59 Å². The summed E-state index contributed by atoms with van der Waals surface area (Å²) in [5.41, 5.74) is 3.51. The molecule has 32 heavy (non-hydrogen) atoms. The lowest BCUT2D eigenvalue weighted by Gasteiger charge is -2.28. The number of carbonyl (C=O) groups excluding carboxylic acids is 2. The molecule has 0 bridgehead atoms. The number of aromatic nitrogens is 2. The molecule has 3 heterocycles. The average Bonchev–Trinajstić information content (AvgIpc) is 3.26. The maximum Gasteiger partial charge on any atom is 0.228 e. The third-order valence-corrected chi connectivity index (χ3v) is 6.09. The number of benzene rings is 1. The standard InChI is InChI=1S/C26H28N4O2/c1-2-29-25(32)26(11-14-30(19-26)24(31)15-21-5-3-12-27-17-21)16-20-7-9-22(10-8-20)23-6-4-13-28-18-23/h3-10,12-13,17-18H,2,11,14-16,19H2,1H3,(H,29,32). The molecule has 1 N–H and O–H groups in total. The predicted octanol–water partition coefficient (Wildman–Crippen LogP) is 3.28. The summed E-state index contributed by atoms with van der Waals surface area (Å²) in [6.45, 7) is 3.52. The van der Waals surface area contributed by atoms with Crippen molar-refractivity contribution in [2.75, 3.05) is 19.6 Å². The van der Waals surface area contributed by atoms with Gasteiger partial charge in [-0.2, -0.15) is 0 Å². The number of rotatable bonds is 7. The van der Waals surface area contributed by atoms with E-state index in [0.717, 1.165) is 22.3 Å². The molecule has 6 heteroatoms. The first-order valence-electron chi connectivity index (χ1n) is 11.0. The number of amides is 2. The van der Waals surface area contributed by atoms with Gasteiger partial charge in [0, 0.05) is 44.4 Å². The molecular weight excluding hydrogens is 400 g/mol. The minimum absolute atomic E-state index is 0.0213. The Morgan fingerprint density at radius 1 is 0.969 bits per heavy atom. The molecule has 1 aromatic carbocycles. The minimum atomic E-state index is -0.615. The van der Waals surface area contributed by atoms with Crippen LogP contribution < -0.4 is 5.32 Å². The Kier molecular flexibility index (Phi) is 6.59. The third kappa shape index (κ3) is 4.85. The maximum atomic E-state index is 13.1. The van der Waals surface area contributed by atoms with Crippen molar-refractivity contribution in [3.63, 3.8) is 0 Å². The fourth-order valence-electron chi connectivity index (χ4n) is 4.37. The van der Waals surface area contributed by atoms with Gasteiger partial charge in [-0.1, -0.05) is 36.4 Å². The van der Waals surface area contributed by atoms with Crippen LogP contribution in [0.1, 0.15) is 24.5 Å². The van der Waals surface area contributed by atoms with Gasteiger partial charge < -0.3 is 10.2 Å². The Hall–Kier alpha value is -3.54. The topological polar surface area (TPSA) is 75.2 Å². The third-order valence-electron chi connectivity index (χ3n) is 6.09. The van der Waals surface area contributed by atoms with E-state index < -0.39 is 5.41 Å². The van der Waals surface area contributed by atoms with Gasteiger partial charge in [0.05, 0.1) is 11.8 Å². The van der Waals surface area contributed by atoms with Crippen LogP contribution in [-0.4, -0.2) is 46.3 Å². The lowest BCUT2D eigenvalue weighted by Crippen LogP contribution is -2.45. The van der Waals surface area contributed by atoms with E-state index in [1.54, 1.807) is 18.6 Å². The summed E-state index contributed by atoms with van der Waals surface area (Å²) in [7, 11) is 0. The van der Waals surface area contributed by atoms with E-state index in [9.17, 15) is 9.59 Å². The van der Waals surface area contributed by atoms with Crippen molar-refractivity contribution in [3.05, 3.63) is 84.4 Å². The van der Waals surface area contributed by atoms with E-state index in [1.807, 2.05) is 42.3 Å². The zero-order valence-corrected chi connectivity index (χ0v) is 18.3. The molecule has 6 nitrogen and oxygen atoms in total. The van der Waals surface area contributed by atoms with Gasteiger partial charge in [-0.25, -0.2) is 0 Å². The molecule has 1 atom stereocenters. The van der Waals surface area contributed by atoms with Gasteiger partial charge in [-0.15, -0.1) is 0 Å². The second-order valence-electron chi connectivity index (χ2n) is 8.36. The summed E-state index contributed by atoms with van der Waals surface area (Å²) >= 11 is 0. The minimum Gasteiger partial charge on any atom is -0.356 e. The van der Waals surface area contributed by atoms with Gasteiger partial charge in [-0.3, -0.25) is 19.6 Å². The monoisotopic (exact) mass is 428 g/mol. The van der Waals surface area contributed by atoms with Crippen LogP contribution in [0.2, 0.25) is 0 Å². The molecule has 1 unspecified atom stereocenters. The van der Waals surface area contributed by atoms with Crippen LogP contribution in [0.4, 0.5) is 0 Å². The first-order chi connectivity index (χ1) is 15.6. The molecule has 0 saturated carbocycles. The van der Waals surface area contributed by atoms with Crippen LogP contribution in [0.25, 0.3) is 11.1 Å². The number of nitrogens with one attached hydrogen (secondary N) is 1. The highest BCUT2D eigenvalue weighted by atomic mass is 16.2. The summed E-state index contributed by atoms with van der Waals surface area (Å²) < 4.78 is 0. The lowest BCUT2D eigenvalue weighted by atomic mass is 9.79. The fourth-order valence-corrected chi connectivity index (χ4v) is 4.37. The Morgan fingerprint density at radius 2 is 1.72 bits per heavy atom. The molecule has 164 valence electrons. The number of carbonyl (C=O) groups is 2. The van der Waals surface area contributed by atoms with Gasteiger partial charge >= 0.3 is 0 Å². The first-order valence-corrected chi connectivity index (χ1v) is 11.0. The molecule has 0 radical (unpaired) electrons. The highest BCUT2D eigenvalue weighted by molar-refractivity contribution is 5.86. The van der Waals surface area contributed by atoms with E-state index in [0.29, 0.717) is 38.9 Å². The maximum absolute atomic E-state index is 13.1. The highest BCUT2D eigenvalue weighted by Crippen LogP contribution is 2.35. The van der Waals surface area contributed by atoms with Gasteiger partial charge in [0.25, 0.3) is 0 Å². The number of hydrogen-bond acceptors (Lipinski definition) is 4. The van der Waals surface area contributed by atoms with E-state index in [1.165, 1.54) is 0 Å². The van der Waals surface area contributed by atoms with Crippen molar-refractivity contribution in [1.29, 1.82) is 0 Å². The number of nitrogens with zero attached hydrogens (tertiary/aromatic N) is 3. The lowest BCUT2D eigenvalue weighted by molar-refractivity contribution is -0.132. The van der Waals surface area contributed by atoms with Gasteiger partial charge in [0.2, 0.25) is 11.8 Å². The summed E-state index contributed by atoms with van der Waals surface area (Å²) in [5.74, 6) is 0.0594. The normalized spacial score (nSPS) is 17.8. The van der Waals surface area contributed by atoms with Crippen molar-refractivity contribution in [1.82, 2.24) is 20.2 Å². The molecule has 4 rings (SSSR count). The molecule has 2 aromatic heterocycles. The molecular formula is C26H28N4O2. The smallest absolute Gasteiger partial charge is 0.228 e. The van der Waals surface area contributed by atoms with Gasteiger partial charge in [0.15, 0.2) is 0 Å². The Balaban J connectivity index is 1.50. The quantitative estimate of drug-likeness (QED) is 0.627. The highest BCUT2D eigenvalue weighted by Gasteiger charge is 2.45. The Bertz CT molecular complexity index is 1050. The van der Waals surface area contributed by atoms with Gasteiger partial charge in [0.1, 0.15) is 0 Å². The SMILES string of the molecule is CCNC(=O)C1(Cc2ccc(-c3cccnc3)cc2)CCN(C(=O)Cc2cccnc2)C1. The average molecular weight is 429 g/mol. The van der Waals surface area contributed by atoms with Crippen LogP contribution >= 0.6 is 0 Å². The molecule has 1 saturated heterocycles.